The Balaban J connectivity index is 3.21. The molecule has 58 valence electrons. The molecule has 0 saturated heterocycles. The Bertz CT molecular complexity index is 121. The summed E-state index contributed by atoms with van der Waals surface area (Å²) >= 11 is 0. The molecule has 0 rings (SSSR count). The second-order valence-electron chi connectivity index (χ2n) is 1.94. The highest BCUT2D eigenvalue weighted by Gasteiger charge is 1.99. The largest absolute Gasteiger partial charge is 0.390 e. The summed E-state index contributed by atoms with van der Waals surface area (Å²) < 4.78 is 4.97. The van der Waals surface area contributed by atoms with Crippen molar-refractivity contribution >= 4 is 0 Å². The summed E-state index contributed by atoms with van der Waals surface area (Å²) in [6.45, 7) is 4.70. The Labute approximate surface area is 62.2 Å². The van der Waals surface area contributed by atoms with E-state index in [1.807, 2.05) is 6.92 Å². The number of aliphatic hydroxyl groups is 1. The minimum Gasteiger partial charge on any atom is -0.390 e. The van der Waals surface area contributed by atoms with Gasteiger partial charge in [-0.1, -0.05) is 0 Å². The molecule has 1 unspecified atom stereocenters. The highest BCUT2D eigenvalue weighted by Crippen LogP contribution is 1.89. The molecule has 0 saturated carbocycles. The van der Waals surface area contributed by atoms with Crippen LogP contribution in [0.4, 0.5) is 0 Å². The zero-order valence-electron chi connectivity index (χ0n) is 6.55. The maximum Gasteiger partial charge on any atom is 0.0882 e. The van der Waals surface area contributed by atoms with Crippen molar-refractivity contribution in [1.82, 2.24) is 0 Å². The van der Waals surface area contributed by atoms with Crippen LogP contribution in [-0.2, 0) is 4.74 Å². The Morgan fingerprint density at radius 2 is 2.30 bits per heavy atom. The Morgan fingerprint density at radius 1 is 1.60 bits per heavy atom. The first-order chi connectivity index (χ1) is 4.81. The average molecular weight is 142 g/mol. The third-order valence-electron chi connectivity index (χ3n) is 1.03. The van der Waals surface area contributed by atoms with Crippen molar-refractivity contribution in [3.8, 4) is 11.8 Å². The van der Waals surface area contributed by atoms with Crippen molar-refractivity contribution in [2.24, 2.45) is 0 Å². The van der Waals surface area contributed by atoms with Crippen molar-refractivity contribution in [2.75, 3.05) is 13.2 Å². The second-order valence-corrected chi connectivity index (χ2v) is 1.94. The van der Waals surface area contributed by atoms with E-state index in [0.717, 1.165) is 0 Å². The molecule has 0 bridgehead atoms. The summed E-state index contributed by atoms with van der Waals surface area (Å²) in [6, 6.07) is 0. The van der Waals surface area contributed by atoms with Gasteiger partial charge in [0.05, 0.1) is 12.7 Å². The summed E-state index contributed by atoms with van der Waals surface area (Å²) in [6.07, 6.45) is 0.0867. The van der Waals surface area contributed by atoms with Gasteiger partial charge in [0.15, 0.2) is 0 Å². The summed E-state index contributed by atoms with van der Waals surface area (Å²) in [5.41, 5.74) is 0. The molecular formula is C8H14O2. The van der Waals surface area contributed by atoms with Crippen LogP contribution in [0.3, 0.4) is 0 Å². The van der Waals surface area contributed by atoms with Gasteiger partial charge < -0.3 is 9.84 Å². The van der Waals surface area contributed by atoms with Gasteiger partial charge in [-0.15, -0.1) is 11.8 Å². The van der Waals surface area contributed by atoms with E-state index >= 15 is 0 Å². The number of hydrogen-bond acceptors (Lipinski definition) is 2. The van der Waals surface area contributed by atoms with Gasteiger partial charge in [0.2, 0.25) is 0 Å². The molecule has 10 heavy (non-hydrogen) atoms. The Kier molecular flexibility index (Phi) is 6.25. The summed E-state index contributed by atoms with van der Waals surface area (Å²) in [7, 11) is 0. The van der Waals surface area contributed by atoms with E-state index in [4.69, 9.17) is 9.84 Å². The lowest BCUT2D eigenvalue weighted by molar-refractivity contribution is 0.0455. The van der Waals surface area contributed by atoms with Crippen LogP contribution >= 0.6 is 0 Å². The van der Waals surface area contributed by atoms with Gasteiger partial charge >= 0.3 is 0 Å². The topological polar surface area (TPSA) is 29.5 Å². The first-order valence-electron chi connectivity index (χ1n) is 3.46. The first kappa shape index (κ1) is 9.48. The van der Waals surface area contributed by atoms with Gasteiger partial charge in [-0.05, 0) is 13.8 Å². The molecule has 0 fully saturated rings. The lowest BCUT2D eigenvalue weighted by Crippen LogP contribution is -2.13. The van der Waals surface area contributed by atoms with E-state index in [9.17, 15) is 0 Å². The number of hydrogen-bond donors (Lipinski definition) is 1. The third kappa shape index (κ3) is 5.61. The fraction of sp³-hybridized carbons (Fsp3) is 0.750. The third-order valence-corrected chi connectivity index (χ3v) is 1.03. The van der Waals surface area contributed by atoms with Crippen molar-refractivity contribution in [2.45, 2.75) is 26.4 Å². The molecule has 0 amide bonds. The number of ether oxygens (including phenoxy) is 1. The molecule has 0 aliphatic rings. The molecule has 2 heteroatoms. The molecular weight excluding hydrogens is 128 g/mol. The lowest BCUT2D eigenvalue weighted by atomic mass is 10.3. The molecule has 1 N–H and O–H groups in total. The van der Waals surface area contributed by atoms with Crippen LogP contribution < -0.4 is 0 Å². The molecule has 2 nitrogen and oxygen atoms in total. The summed E-state index contributed by atoms with van der Waals surface area (Å²) in [5, 5.41) is 9.08. The van der Waals surface area contributed by atoms with Crippen molar-refractivity contribution in [1.29, 1.82) is 0 Å². The van der Waals surface area contributed by atoms with E-state index in [0.29, 0.717) is 19.6 Å². The summed E-state index contributed by atoms with van der Waals surface area (Å²) in [5.74, 6) is 5.49. The SMILES string of the molecule is CC#CCC(O)COCC. The number of rotatable bonds is 4. The van der Waals surface area contributed by atoms with Crippen LogP contribution in [0.2, 0.25) is 0 Å². The van der Waals surface area contributed by atoms with Crippen molar-refractivity contribution < 1.29 is 9.84 Å². The Morgan fingerprint density at radius 3 is 2.80 bits per heavy atom. The van der Waals surface area contributed by atoms with Gasteiger partial charge in [0, 0.05) is 13.0 Å². The maximum atomic E-state index is 9.08. The normalized spacial score (nSPS) is 11.9. The van der Waals surface area contributed by atoms with Crippen LogP contribution in [0.1, 0.15) is 20.3 Å². The quantitative estimate of drug-likeness (QED) is 0.588. The average Bonchev–Trinajstić information content (AvgIpc) is 1.97. The molecule has 0 aromatic carbocycles. The van der Waals surface area contributed by atoms with Crippen LogP contribution in [0, 0.1) is 11.8 Å². The zero-order chi connectivity index (χ0) is 7.82. The monoisotopic (exact) mass is 142 g/mol. The van der Waals surface area contributed by atoms with Crippen LogP contribution in [-0.4, -0.2) is 24.4 Å². The molecule has 0 aromatic heterocycles. The van der Waals surface area contributed by atoms with E-state index in [2.05, 4.69) is 11.8 Å². The molecule has 0 radical (unpaired) electrons. The predicted octanol–water partition coefficient (Wildman–Crippen LogP) is 0.797. The molecule has 0 heterocycles. The van der Waals surface area contributed by atoms with Crippen LogP contribution in [0.5, 0.6) is 0 Å². The second kappa shape index (κ2) is 6.60. The highest BCUT2D eigenvalue weighted by atomic mass is 16.5. The standard InChI is InChI=1S/C8H14O2/c1-3-5-6-8(9)7-10-4-2/h8-9H,4,6-7H2,1-2H3. The van der Waals surface area contributed by atoms with Gasteiger partial charge in [-0.2, -0.15) is 0 Å². The minimum atomic E-state index is -0.424. The molecule has 0 aromatic rings. The van der Waals surface area contributed by atoms with Gasteiger partial charge in [-0.25, -0.2) is 0 Å². The fourth-order valence-electron chi connectivity index (χ4n) is 0.533. The van der Waals surface area contributed by atoms with E-state index in [-0.39, 0.29) is 0 Å². The fourth-order valence-corrected chi connectivity index (χ4v) is 0.533. The Hall–Kier alpha value is -0.520. The van der Waals surface area contributed by atoms with Crippen molar-refractivity contribution in [3.05, 3.63) is 0 Å². The van der Waals surface area contributed by atoms with E-state index < -0.39 is 6.10 Å². The highest BCUT2D eigenvalue weighted by molar-refractivity contribution is 4.96. The van der Waals surface area contributed by atoms with Gasteiger partial charge in [0.1, 0.15) is 0 Å². The zero-order valence-corrected chi connectivity index (χ0v) is 6.55. The van der Waals surface area contributed by atoms with Gasteiger partial charge in [-0.3, -0.25) is 0 Å². The first-order valence-corrected chi connectivity index (χ1v) is 3.46. The van der Waals surface area contributed by atoms with Gasteiger partial charge in [0.25, 0.3) is 0 Å². The molecule has 0 spiro atoms. The lowest BCUT2D eigenvalue weighted by Gasteiger charge is -2.05. The predicted molar refractivity (Wildman–Crippen MR) is 40.6 cm³/mol. The van der Waals surface area contributed by atoms with E-state index in [1.54, 1.807) is 6.92 Å². The summed E-state index contributed by atoms with van der Waals surface area (Å²) in [4.78, 5) is 0. The molecule has 0 aliphatic carbocycles. The maximum absolute atomic E-state index is 9.08. The molecule has 1 atom stereocenters. The smallest absolute Gasteiger partial charge is 0.0882 e. The minimum absolute atomic E-state index is 0.394. The molecule has 0 aliphatic heterocycles. The van der Waals surface area contributed by atoms with Crippen LogP contribution in [0.15, 0.2) is 0 Å². The van der Waals surface area contributed by atoms with E-state index in [1.165, 1.54) is 0 Å². The van der Waals surface area contributed by atoms with Crippen molar-refractivity contribution in [3.63, 3.8) is 0 Å². The van der Waals surface area contributed by atoms with Crippen LogP contribution in [0.25, 0.3) is 0 Å². The number of aliphatic hydroxyl groups excluding tert-OH is 1.